The molecule has 76 valence electrons. The lowest BCUT2D eigenvalue weighted by Crippen LogP contribution is -2.34. The molecule has 2 aliphatic carbocycles. The van der Waals surface area contributed by atoms with E-state index >= 15 is 0 Å². The molecule has 14 heavy (non-hydrogen) atoms. The Labute approximate surface area is 89.8 Å². The summed E-state index contributed by atoms with van der Waals surface area (Å²) in [7, 11) is 0. The Morgan fingerprint density at radius 2 is 2.14 bits per heavy atom. The molecule has 0 radical (unpaired) electrons. The highest BCUT2D eigenvalue weighted by molar-refractivity contribution is 7.78. The highest BCUT2D eigenvalue weighted by Crippen LogP contribution is 2.64. The Bertz CT molecular complexity index is 343. The van der Waals surface area contributed by atoms with Crippen molar-refractivity contribution in [3.05, 3.63) is 0 Å². The Balaban J connectivity index is 2.49. The molecule has 3 heteroatoms. The van der Waals surface area contributed by atoms with Gasteiger partial charge in [0, 0.05) is 5.41 Å². The highest BCUT2D eigenvalue weighted by Gasteiger charge is 2.66. The van der Waals surface area contributed by atoms with Crippen molar-refractivity contribution in [3.8, 4) is 0 Å². The molecule has 2 fully saturated rings. The highest BCUT2D eigenvalue weighted by atomic mass is 32.1. The van der Waals surface area contributed by atoms with Crippen LogP contribution in [-0.4, -0.2) is 17.0 Å². The largest absolute Gasteiger partial charge is 0.297 e. The van der Waals surface area contributed by atoms with Gasteiger partial charge in [-0.3, -0.25) is 4.79 Å². The van der Waals surface area contributed by atoms with Crippen molar-refractivity contribution in [1.82, 2.24) is 0 Å². The number of carbonyl (C=O) groups is 1. The third kappa shape index (κ3) is 0.896. The van der Waals surface area contributed by atoms with Crippen molar-refractivity contribution in [2.24, 2.45) is 21.7 Å². The number of Topliss-reactive ketones (excluding diaryl/α,β-unsaturated/α-hetero) is 1. The van der Waals surface area contributed by atoms with Gasteiger partial charge in [-0.2, -0.15) is 0 Å². The normalized spacial score (nSPS) is 43.8. The maximum atomic E-state index is 12.1. The lowest BCUT2D eigenvalue weighted by atomic mass is 9.70. The standard InChI is InChI=1S/C11H15NOS/c1-10(2)7-4-5-11(10,3)9(13)8(7)12-6-14/h7-8H,4-5H2,1-3H3. The molecule has 0 aromatic rings. The molecule has 3 unspecified atom stereocenters. The van der Waals surface area contributed by atoms with Gasteiger partial charge >= 0.3 is 0 Å². The molecule has 0 amide bonds. The van der Waals surface area contributed by atoms with Gasteiger partial charge in [0.05, 0.1) is 5.16 Å². The van der Waals surface area contributed by atoms with Gasteiger partial charge in [-0.05, 0) is 36.4 Å². The van der Waals surface area contributed by atoms with Crippen molar-refractivity contribution in [2.45, 2.75) is 39.7 Å². The summed E-state index contributed by atoms with van der Waals surface area (Å²) >= 11 is 4.60. The van der Waals surface area contributed by atoms with Gasteiger partial charge in [0.1, 0.15) is 6.04 Å². The van der Waals surface area contributed by atoms with Crippen LogP contribution in [0.4, 0.5) is 0 Å². The fraction of sp³-hybridized carbons (Fsp3) is 0.818. The van der Waals surface area contributed by atoms with Gasteiger partial charge < -0.3 is 0 Å². The average molecular weight is 209 g/mol. The van der Waals surface area contributed by atoms with Gasteiger partial charge in [0.25, 0.3) is 0 Å². The van der Waals surface area contributed by atoms with E-state index in [0.29, 0.717) is 5.92 Å². The number of nitrogens with zero attached hydrogens (tertiary/aromatic N) is 1. The SMILES string of the molecule is CC12CCC(C(N=C=S)C1=O)C2(C)C. The summed E-state index contributed by atoms with van der Waals surface area (Å²) in [5.41, 5.74) is -0.109. The Morgan fingerprint density at radius 3 is 2.57 bits per heavy atom. The number of isothiocyanates is 1. The minimum absolute atomic E-state index is 0.0738. The summed E-state index contributed by atoms with van der Waals surface area (Å²) in [6.45, 7) is 6.44. The zero-order valence-corrected chi connectivity index (χ0v) is 9.65. The molecule has 2 bridgehead atoms. The van der Waals surface area contributed by atoms with Crippen LogP contribution in [0.5, 0.6) is 0 Å². The van der Waals surface area contributed by atoms with E-state index in [0.717, 1.165) is 12.8 Å². The first kappa shape index (κ1) is 10.0. The van der Waals surface area contributed by atoms with Gasteiger partial charge in [0.15, 0.2) is 5.78 Å². The fourth-order valence-corrected chi connectivity index (χ4v) is 3.36. The third-order valence-corrected chi connectivity index (χ3v) is 4.80. The Morgan fingerprint density at radius 1 is 1.50 bits per heavy atom. The molecule has 0 N–H and O–H groups in total. The summed E-state index contributed by atoms with van der Waals surface area (Å²) < 4.78 is 0. The lowest BCUT2D eigenvalue weighted by Gasteiger charge is -2.31. The number of carbonyl (C=O) groups excluding carboxylic acids is 1. The number of hydrogen-bond acceptors (Lipinski definition) is 3. The topological polar surface area (TPSA) is 29.4 Å². The van der Waals surface area contributed by atoms with Crippen LogP contribution in [0.25, 0.3) is 0 Å². The molecule has 2 aliphatic rings. The maximum Gasteiger partial charge on any atom is 0.164 e. The van der Waals surface area contributed by atoms with Crippen LogP contribution in [0.3, 0.4) is 0 Å². The van der Waals surface area contributed by atoms with Crippen LogP contribution in [0.2, 0.25) is 0 Å². The zero-order valence-electron chi connectivity index (χ0n) is 8.83. The predicted molar refractivity (Wildman–Crippen MR) is 58.4 cm³/mol. The summed E-state index contributed by atoms with van der Waals surface area (Å²) in [4.78, 5) is 16.2. The first-order chi connectivity index (χ1) is 6.45. The summed E-state index contributed by atoms with van der Waals surface area (Å²) in [5.74, 6) is 0.645. The Hall–Kier alpha value is -0.530. The van der Waals surface area contributed by atoms with Crippen LogP contribution in [0, 0.1) is 16.7 Å². The van der Waals surface area contributed by atoms with Crippen molar-refractivity contribution >= 4 is 23.2 Å². The second-order valence-electron chi connectivity index (χ2n) is 5.23. The zero-order chi connectivity index (χ0) is 10.6. The molecule has 0 heterocycles. The van der Waals surface area contributed by atoms with E-state index in [1.807, 2.05) is 0 Å². The van der Waals surface area contributed by atoms with E-state index in [1.165, 1.54) is 0 Å². The lowest BCUT2D eigenvalue weighted by molar-refractivity contribution is -0.129. The second-order valence-corrected chi connectivity index (χ2v) is 5.41. The molecule has 0 saturated heterocycles. The van der Waals surface area contributed by atoms with E-state index < -0.39 is 0 Å². The Kier molecular flexibility index (Phi) is 1.96. The number of aliphatic imine (C=N–C) groups is 1. The van der Waals surface area contributed by atoms with Crippen LogP contribution in [0.15, 0.2) is 4.99 Å². The van der Waals surface area contributed by atoms with Crippen LogP contribution < -0.4 is 0 Å². The van der Waals surface area contributed by atoms with Crippen LogP contribution in [0.1, 0.15) is 33.6 Å². The van der Waals surface area contributed by atoms with E-state index in [9.17, 15) is 4.79 Å². The van der Waals surface area contributed by atoms with Gasteiger partial charge in [-0.25, -0.2) is 4.99 Å². The summed E-state index contributed by atoms with van der Waals surface area (Å²) in [6.07, 6.45) is 2.10. The predicted octanol–water partition coefficient (Wildman–Crippen LogP) is 2.48. The molecule has 0 aromatic heterocycles. The molecule has 0 aromatic carbocycles. The van der Waals surface area contributed by atoms with Crippen LogP contribution in [-0.2, 0) is 4.79 Å². The number of hydrogen-bond donors (Lipinski definition) is 0. The molecular weight excluding hydrogens is 194 g/mol. The van der Waals surface area contributed by atoms with Gasteiger partial charge in [0.2, 0.25) is 0 Å². The first-order valence-corrected chi connectivity index (χ1v) is 5.47. The molecule has 0 spiro atoms. The van der Waals surface area contributed by atoms with E-state index in [1.54, 1.807) is 0 Å². The second kappa shape index (κ2) is 2.74. The molecule has 0 aliphatic heterocycles. The molecule has 2 saturated carbocycles. The number of ketones is 1. The average Bonchev–Trinajstić information content (AvgIpc) is 2.41. The van der Waals surface area contributed by atoms with Gasteiger partial charge in [-0.1, -0.05) is 20.8 Å². The monoisotopic (exact) mass is 209 g/mol. The third-order valence-electron chi connectivity index (χ3n) is 4.69. The maximum absolute atomic E-state index is 12.1. The first-order valence-electron chi connectivity index (χ1n) is 5.06. The molecule has 2 nitrogen and oxygen atoms in total. The smallest absolute Gasteiger partial charge is 0.164 e. The van der Waals surface area contributed by atoms with Crippen LogP contribution >= 0.6 is 12.2 Å². The summed E-state index contributed by atoms with van der Waals surface area (Å²) in [5, 5.41) is 2.37. The van der Waals surface area contributed by atoms with E-state index in [2.05, 4.69) is 43.1 Å². The minimum Gasteiger partial charge on any atom is -0.297 e. The van der Waals surface area contributed by atoms with Crippen molar-refractivity contribution in [3.63, 3.8) is 0 Å². The van der Waals surface area contributed by atoms with E-state index in [-0.39, 0.29) is 22.7 Å². The number of fused-ring (bicyclic) bond motifs is 2. The quantitative estimate of drug-likeness (QED) is 0.490. The number of rotatable bonds is 1. The molecular formula is C11H15NOS. The van der Waals surface area contributed by atoms with E-state index in [4.69, 9.17) is 0 Å². The van der Waals surface area contributed by atoms with Crippen molar-refractivity contribution < 1.29 is 4.79 Å². The molecule has 3 atom stereocenters. The minimum atomic E-state index is -0.207. The summed E-state index contributed by atoms with van der Waals surface area (Å²) in [6, 6.07) is -0.207. The number of thiocarbonyl (C=S) groups is 1. The molecule has 2 rings (SSSR count). The van der Waals surface area contributed by atoms with Crippen molar-refractivity contribution in [1.29, 1.82) is 0 Å². The van der Waals surface area contributed by atoms with Gasteiger partial charge in [-0.15, -0.1) is 0 Å². The van der Waals surface area contributed by atoms with Crippen molar-refractivity contribution in [2.75, 3.05) is 0 Å². The fourth-order valence-electron chi connectivity index (χ4n) is 3.24.